The standard InChI is InChI=1S/C29H43N3O4/c1-8-20(3)36-27(33)16-24-22(5)30-18-25(28(24)32-14-12-29(6,7)13-15-32)23-10-11-26(31-17-23)35-21(4)19-34-9-2/h10-11,17-18,20-21H,8-9,12-16,19H2,1-7H3. The molecule has 36 heavy (non-hydrogen) atoms. The topological polar surface area (TPSA) is 73.8 Å². The molecule has 2 unspecified atom stereocenters. The Morgan fingerprint density at radius 3 is 2.42 bits per heavy atom. The number of rotatable bonds is 11. The summed E-state index contributed by atoms with van der Waals surface area (Å²) in [5, 5.41) is 0. The summed E-state index contributed by atoms with van der Waals surface area (Å²) in [6, 6.07) is 3.90. The van der Waals surface area contributed by atoms with Crippen molar-refractivity contribution in [1.29, 1.82) is 0 Å². The van der Waals surface area contributed by atoms with Crippen molar-refractivity contribution < 1.29 is 19.0 Å². The molecule has 2 aromatic rings. The Hall–Kier alpha value is -2.67. The van der Waals surface area contributed by atoms with E-state index in [4.69, 9.17) is 14.2 Å². The van der Waals surface area contributed by atoms with Crippen molar-refractivity contribution in [1.82, 2.24) is 9.97 Å². The van der Waals surface area contributed by atoms with E-state index in [0.29, 0.717) is 24.5 Å². The van der Waals surface area contributed by atoms with E-state index in [9.17, 15) is 4.79 Å². The Morgan fingerprint density at radius 1 is 1.08 bits per heavy atom. The number of pyridine rings is 2. The summed E-state index contributed by atoms with van der Waals surface area (Å²) < 4.78 is 17.0. The maximum Gasteiger partial charge on any atom is 0.310 e. The number of hydrogen-bond donors (Lipinski definition) is 0. The molecule has 3 heterocycles. The molecule has 2 atom stereocenters. The number of aromatic nitrogens is 2. The summed E-state index contributed by atoms with van der Waals surface area (Å²) in [4.78, 5) is 24.5. The van der Waals surface area contributed by atoms with Gasteiger partial charge in [0.05, 0.1) is 24.8 Å². The van der Waals surface area contributed by atoms with Gasteiger partial charge < -0.3 is 19.1 Å². The van der Waals surface area contributed by atoms with Crippen LogP contribution >= 0.6 is 0 Å². The molecule has 0 bridgehead atoms. The third kappa shape index (κ3) is 7.42. The zero-order chi connectivity index (χ0) is 26.3. The summed E-state index contributed by atoms with van der Waals surface area (Å²) in [5.41, 5.74) is 5.10. The third-order valence-corrected chi connectivity index (χ3v) is 6.95. The van der Waals surface area contributed by atoms with Crippen LogP contribution in [-0.2, 0) is 20.7 Å². The maximum absolute atomic E-state index is 12.8. The van der Waals surface area contributed by atoms with E-state index in [1.165, 1.54) is 0 Å². The lowest BCUT2D eigenvalue weighted by molar-refractivity contribution is -0.147. The first-order chi connectivity index (χ1) is 17.1. The average molecular weight is 498 g/mol. The fourth-order valence-electron chi connectivity index (χ4n) is 4.38. The molecule has 0 amide bonds. The molecule has 1 aliphatic rings. The monoisotopic (exact) mass is 497 g/mol. The smallest absolute Gasteiger partial charge is 0.310 e. The minimum atomic E-state index is -0.213. The van der Waals surface area contributed by atoms with Crippen LogP contribution in [-0.4, -0.2) is 54.4 Å². The highest BCUT2D eigenvalue weighted by Crippen LogP contribution is 2.40. The van der Waals surface area contributed by atoms with Crippen LogP contribution in [0.1, 0.15) is 72.1 Å². The zero-order valence-electron chi connectivity index (χ0n) is 23.1. The van der Waals surface area contributed by atoms with Gasteiger partial charge in [0, 0.05) is 60.5 Å². The van der Waals surface area contributed by atoms with Gasteiger partial charge in [-0.25, -0.2) is 4.98 Å². The number of hydrogen-bond acceptors (Lipinski definition) is 7. The van der Waals surface area contributed by atoms with Gasteiger partial charge in [0.2, 0.25) is 5.88 Å². The van der Waals surface area contributed by atoms with E-state index in [1.54, 1.807) is 0 Å². The van der Waals surface area contributed by atoms with Crippen molar-refractivity contribution in [2.45, 2.75) is 86.4 Å². The number of ether oxygens (including phenoxy) is 3. The lowest BCUT2D eigenvalue weighted by atomic mass is 9.82. The van der Waals surface area contributed by atoms with E-state index in [2.05, 4.69) is 28.7 Å². The molecular weight excluding hydrogens is 454 g/mol. The van der Waals surface area contributed by atoms with E-state index < -0.39 is 0 Å². The number of anilines is 1. The van der Waals surface area contributed by atoms with Crippen LogP contribution < -0.4 is 9.64 Å². The molecule has 0 N–H and O–H groups in total. The van der Waals surface area contributed by atoms with Crippen molar-refractivity contribution in [3.05, 3.63) is 35.8 Å². The first-order valence-corrected chi connectivity index (χ1v) is 13.3. The Labute approximate surface area is 216 Å². The van der Waals surface area contributed by atoms with Gasteiger partial charge >= 0.3 is 5.97 Å². The van der Waals surface area contributed by atoms with Gasteiger partial charge in [-0.05, 0) is 58.4 Å². The SMILES string of the molecule is CCOCC(C)Oc1ccc(-c2cnc(C)c(CC(=O)OC(C)CC)c2N2CCC(C)(C)CC2)cn1. The van der Waals surface area contributed by atoms with E-state index in [0.717, 1.165) is 60.4 Å². The Bertz CT molecular complexity index is 996. The van der Waals surface area contributed by atoms with Crippen LogP contribution in [0.2, 0.25) is 0 Å². The predicted octanol–water partition coefficient (Wildman–Crippen LogP) is 5.77. The minimum Gasteiger partial charge on any atom is -0.472 e. The lowest BCUT2D eigenvalue weighted by Gasteiger charge is -2.40. The quantitative estimate of drug-likeness (QED) is 0.365. The minimum absolute atomic E-state index is 0.0836. The lowest BCUT2D eigenvalue weighted by Crippen LogP contribution is -2.38. The van der Waals surface area contributed by atoms with Gasteiger partial charge in [-0.3, -0.25) is 9.78 Å². The summed E-state index contributed by atoms with van der Waals surface area (Å²) >= 11 is 0. The summed E-state index contributed by atoms with van der Waals surface area (Å²) in [6.07, 6.45) is 6.73. The highest BCUT2D eigenvalue weighted by atomic mass is 16.5. The molecule has 0 radical (unpaired) electrons. The van der Waals surface area contributed by atoms with Crippen LogP contribution in [0, 0.1) is 12.3 Å². The van der Waals surface area contributed by atoms with Crippen molar-refractivity contribution in [2.75, 3.05) is 31.2 Å². The fourth-order valence-corrected chi connectivity index (χ4v) is 4.38. The van der Waals surface area contributed by atoms with Gasteiger partial charge in [0.1, 0.15) is 6.10 Å². The number of nitrogens with zero attached hydrogens (tertiary/aromatic N) is 3. The van der Waals surface area contributed by atoms with Crippen molar-refractivity contribution in [2.24, 2.45) is 5.41 Å². The molecule has 2 aromatic heterocycles. The van der Waals surface area contributed by atoms with Crippen LogP contribution in [0.15, 0.2) is 24.5 Å². The van der Waals surface area contributed by atoms with Crippen LogP contribution in [0.3, 0.4) is 0 Å². The Kier molecular flexibility index (Phi) is 9.71. The van der Waals surface area contributed by atoms with Gasteiger partial charge in [-0.1, -0.05) is 20.8 Å². The van der Waals surface area contributed by atoms with E-state index in [1.807, 2.05) is 59.1 Å². The molecule has 3 rings (SSSR count). The largest absolute Gasteiger partial charge is 0.472 e. The molecule has 198 valence electrons. The summed E-state index contributed by atoms with van der Waals surface area (Å²) in [5.74, 6) is 0.347. The summed E-state index contributed by atoms with van der Waals surface area (Å²) in [6.45, 7) is 17.5. The highest BCUT2D eigenvalue weighted by Gasteiger charge is 2.29. The first kappa shape index (κ1) is 27.9. The summed E-state index contributed by atoms with van der Waals surface area (Å²) in [7, 11) is 0. The van der Waals surface area contributed by atoms with Gasteiger partial charge in [0.25, 0.3) is 0 Å². The second-order valence-electron chi connectivity index (χ2n) is 10.6. The molecule has 0 aromatic carbocycles. The Balaban J connectivity index is 1.95. The van der Waals surface area contributed by atoms with Gasteiger partial charge in [0.15, 0.2) is 0 Å². The maximum atomic E-state index is 12.8. The van der Waals surface area contributed by atoms with E-state index >= 15 is 0 Å². The second kappa shape index (κ2) is 12.5. The van der Waals surface area contributed by atoms with Gasteiger partial charge in [-0.2, -0.15) is 0 Å². The van der Waals surface area contributed by atoms with Crippen LogP contribution in [0.25, 0.3) is 11.1 Å². The highest BCUT2D eigenvalue weighted by molar-refractivity contribution is 5.85. The van der Waals surface area contributed by atoms with Crippen LogP contribution in [0.5, 0.6) is 5.88 Å². The zero-order valence-corrected chi connectivity index (χ0v) is 23.1. The molecule has 0 aliphatic carbocycles. The molecule has 1 saturated heterocycles. The molecule has 0 saturated carbocycles. The number of aryl methyl sites for hydroxylation is 1. The molecule has 1 fully saturated rings. The average Bonchev–Trinajstić information content (AvgIpc) is 2.84. The number of piperidine rings is 1. The van der Waals surface area contributed by atoms with Gasteiger partial charge in [-0.15, -0.1) is 0 Å². The molecule has 0 spiro atoms. The predicted molar refractivity (Wildman–Crippen MR) is 144 cm³/mol. The number of esters is 1. The number of carbonyl (C=O) groups is 1. The van der Waals surface area contributed by atoms with Crippen LogP contribution in [0.4, 0.5) is 5.69 Å². The van der Waals surface area contributed by atoms with E-state index in [-0.39, 0.29) is 24.6 Å². The molecule has 7 nitrogen and oxygen atoms in total. The van der Waals surface area contributed by atoms with Crippen molar-refractivity contribution >= 4 is 11.7 Å². The normalized spacial score (nSPS) is 16.9. The second-order valence-corrected chi connectivity index (χ2v) is 10.6. The van der Waals surface area contributed by atoms with Crippen molar-refractivity contribution in [3.63, 3.8) is 0 Å². The molecule has 1 aliphatic heterocycles. The number of carbonyl (C=O) groups excluding carboxylic acids is 1. The molecular formula is C29H43N3O4. The van der Waals surface area contributed by atoms with Crippen molar-refractivity contribution in [3.8, 4) is 17.0 Å². The first-order valence-electron chi connectivity index (χ1n) is 13.3. The third-order valence-electron chi connectivity index (χ3n) is 6.95. The fraction of sp³-hybridized carbons (Fsp3) is 0.621. The Morgan fingerprint density at radius 2 is 1.81 bits per heavy atom. The molecule has 7 heteroatoms.